The second kappa shape index (κ2) is 16.2. The second-order valence-corrected chi connectivity index (χ2v) is 10.4. The molecule has 0 aromatic heterocycles. The van der Waals surface area contributed by atoms with Crippen molar-refractivity contribution in [2.45, 2.75) is 114 Å². The Balaban J connectivity index is 2.35. The first-order valence-corrected chi connectivity index (χ1v) is 13.6. The Bertz CT molecular complexity index is 733. The molecular formula is C25H43NO5S. The quantitative estimate of drug-likeness (QED) is 0.226. The molecule has 0 radical (unpaired) electrons. The summed E-state index contributed by atoms with van der Waals surface area (Å²) >= 11 is 0. The normalized spacial score (nSPS) is 13.6. The van der Waals surface area contributed by atoms with E-state index in [0.717, 1.165) is 24.8 Å². The summed E-state index contributed by atoms with van der Waals surface area (Å²) in [7, 11) is -2.76. The Morgan fingerprint density at radius 2 is 1.38 bits per heavy atom. The number of benzene rings is 1. The van der Waals surface area contributed by atoms with Gasteiger partial charge in [-0.2, -0.15) is 4.72 Å². The molecule has 7 heteroatoms. The van der Waals surface area contributed by atoms with Crippen molar-refractivity contribution < 1.29 is 23.1 Å². The first kappa shape index (κ1) is 28.6. The molecule has 0 saturated carbocycles. The van der Waals surface area contributed by atoms with E-state index >= 15 is 0 Å². The number of esters is 1. The topological polar surface area (TPSA) is 92.7 Å². The molecule has 0 amide bonds. The lowest BCUT2D eigenvalue weighted by atomic mass is 10.0. The molecule has 0 aliphatic rings. The van der Waals surface area contributed by atoms with Crippen LogP contribution in [0.3, 0.4) is 0 Å². The van der Waals surface area contributed by atoms with Crippen LogP contribution in [-0.2, 0) is 19.6 Å². The summed E-state index contributed by atoms with van der Waals surface area (Å²) in [6.07, 6.45) is 13.6. The summed E-state index contributed by atoms with van der Waals surface area (Å²) in [6, 6.07) is 5.00. The van der Waals surface area contributed by atoms with Crippen LogP contribution in [0.1, 0.15) is 96.0 Å². The van der Waals surface area contributed by atoms with Gasteiger partial charge >= 0.3 is 5.97 Å². The number of hydrogen-bond donors (Lipinski definition) is 2. The minimum Gasteiger partial charge on any atom is -0.468 e. The Kier molecular flexibility index (Phi) is 14.5. The molecule has 1 rings (SSSR count). The third kappa shape index (κ3) is 11.4. The van der Waals surface area contributed by atoms with Gasteiger partial charge in [-0.15, -0.1) is 0 Å². The molecule has 0 bridgehead atoms. The van der Waals surface area contributed by atoms with Gasteiger partial charge in [0.2, 0.25) is 10.0 Å². The van der Waals surface area contributed by atoms with Gasteiger partial charge in [-0.1, -0.05) is 102 Å². The zero-order valence-corrected chi connectivity index (χ0v) is 21.0. The SMILES string of the molecule is CCCCCCCCCCCCCC[C@@H](O)[C@H](NS(=O)(=O)c1ccc(C)cc1)C(=O)OC. The Morgan fingerprint density at radius 3 is 1.84 bits per heavy atom. The van der Waals surface area contributed by atoms with Crippen LogP contribution in [0.15, 0.2) is 29.2 Å². The smallest absolute Gasteiger partial charge is 0.326 e. The van der Waals surface area contributed by atoms with Gasteiger partial charge in [-0.25, -0.2) is 8.42 Å². The van der Waals surface area contributed by atoms with Crippen molar-refractivity contribution in [1.29, 1.82) is 0 Å². The van der Waals surface area contributed by atoms with E-state index in [4.69, 9.17) is 4.74 Å². The molecule has 1 aromatic rings. The third-order valence-electron chi connectivity index (χ3n) is 5.81. The van der Waals surface area contributed by atoms with Gasteiger partial charge in [0, 0.05) is 0 Å². The van der Waals surface area contributed by atoms with Crippen molar-refractivity contribution in [2.75, 3.05) is 7.11 Å². The van der Waals surface area contributed by atoms with Gasteiger partial charge in [0.05, 0.1) is 18.1 Å². The average molecular weight is 470 g/mol. The highest BCUT2D eigenvalue weighted by Crippen LogP contribution is 2.16. The maximum atomic E-state index is 12.6. The number of rotatable bonds is 18. The molecule has 0 unspecified atom stereocenters. The highest BCUT2D eigenvalue weighted by Gasteiger charge is 2.32. The fourth-order valence-electron chi connectivity index (χ4n) is 3.72. The van der Waals surface area contributed by atoms with E-state index in [1.807, 2.05) is 6.92 Å². The molecule has 1 aromatic carbocycles. The highest BCUT2D eigenvalue weighted by atomic mass is 32.2. The lowest BCUT2D eigenvalue weighted by Gasteiger charge is -2.22. The van der Waals surface area contributed by atoms with Crippen LogP contribution in [0.5, 0.6) is 0 Å². The van der Waals surface area contributed by atoms with Crippen LogP contribution in [0, 0.1) is 6.92 Å². The lowest BCUT2D eigenvalue weighted by Crippen LogP contribution is -2.49. The van der Waals surface area contributed by atoms with Crippen LogP contribution >= 0.6 is 0 Å². The van der Waals surface area contributed by atoms with Crippen molar-refractivity contribution in [3.63, 3.8) is 0 Å². The molecule has 0 aliphatic carbocycles. The fourth-order valence-corrected chi connectivity index (χ4v) is 4.94. The van der Waals surface area contributed by atoms with E-state index in [0.29, 0.717) is 6.42 Å². The van der Waals surface area contributed by atoms with E-state index in [1.165, 1.54) is 77.0 Å². The van der Waals surface area contributed by atoms with Gasteiger partial charge in [-0.3, -0.25) is 4.79 Å². The maximum Gasteiger partial charge on any atom is 0.326 e. The predicted molar refractivity (Wildman–Crippen MR) is 129 cm³/mol. The van der Waals surface area contributed by atoms with Gasteiger partial charge in [0.15, 0.2) is 0 Å². The lowest BCUT2D eigenvalue weighted by molar-refractivity contribution is -0.145. The van der Waals surface area contributed by atoms with Crippen LogP contribution in [0.25, 0.3) is 0 Å². The number of hydrogen-bond acceptors (Lipinski definition) is 5. The third-order valence-corrected chi connectivity index (χ3v) is 7.26. The number of nitrogens with one attached hydrogen (secondary N) is 1. The minimum absolute atomic E-state index is 0.0505. The fraction of sp³-hybridized carbons (Fsp3) is 0.720. The van der Waals surface area contributed by atoms with E-state index < -0.39 is 28.1 Å². The molecule has 0 heterocycles. The molecule has 184 valence electrons. The van der Waals surface area contributed by atoms with E-state index in [9.17, 15) is 18.3 Å². The maximum absolute atomic E-state index is 12.6. The summed E-state index contributed by atoms with van der Waals surface area (Å²) in [5.41, 5.74) is 0.931. The number of aliphatic hydroxyl groups is 1. The molecule has 2 atom stereocenters. The van der Waals surface area contributed by atoms with Gasteiger partial charge < -0.3 is 9.84 Å². The average Bonchev–Trinajstić information content (AvgIpc) is 2.77. The first-order valence-electron chi connectivity index (χ1n) is 12.2. The number of carbonyl (C=O) groups excluding carboxylic acids is 1. The predicted octanol–water partition coefficient (Wildman–Crippen LogP) is 5.27. The van der Waals surface area contributed by atoms with E-state index in [2.05, 4.69) is 11.6 Å². The molecule has 0 aliphatic heterocycles. The number of ether oxygens (including phenoxy) is 1. The monoisotopic (exact) mass is 469 g/mol. The zero-order chi connectivity index (χ0) is 23.8. The first-order chi connectivity index (χ1) is 15.3. The largest absolute Gasteiger partial charge is 0.468 e. The number of methoxy groups -OCH3 is 1. The number of aryl methyl sites for hydroxylation is 1. The summed E-state index contributed by atoms with van der Waals surface area (Å²) in [6.45, 7) is 4.10. The standard InChI is InChI=1S/C25H43NO5S/c1-4-5-6-7-8-9-10-11-12-13-14-15-16-23(27)24(25(28)31-3)26-32(29,30)22-19-17-21(2)18-20-22/h17-20,23-24,26-27H,4-16H2,1-3H3/t23-,24+/m1/s1. The van der Waals surface area contributed by atoms with Crippen LogP contribution in [0.4, 0.5) is 0 Å². The Labute approximate surface area is 195 Å². The molecule has 32 heavy (non-hydrogen) atoms. The van der Waals surface area contributed by atoms with Crippen molar-refractivity contribution in [3.8, 4) is 0 Å². The summed E-state index contributed by atoms with van der Waals surface area (Å²) < 4.78 is 32.3. The summed E-state index contributed by atoms with van der Waals surface area (Å²) in [5.74, 6) is -0.785. The highest BCUT2D eigenvalue weighted by molar-refractivity contribution is 7.89. The van der Waals surface area contributed by atoms with E-state index in [1.54, 1.807) is 12.1 Å². The minimum atomic E-state index is -3.94. The second-order valence-electron chi connectivity index (χ2n) is 8.68. The molecule has 0 fully saturated rings. The van der Waals surface area contributed by atoms with E-state index in [-0.39, 0.29) is 4.90 Å². The number of sulfonamides is 1. The summed E-state index contributed by atoms with van der Waals surface area (Å²) in [4.78, 5) is 12.2. The zero-order valence-electron chi connectivity index (χ0n) is 20.1. The van der Waals surface area contributed by atoms with Gasteiger partial charge in [0.1, 0.15) is 6.04 Å². The van der Waals surface area contributed by atoms with Crippen molar-refractivity contribution >= 4 is 16.0 Å². The number of unbranched alkanes of at least 4 members (excludes halogenated alkanes) is 11. The van der Waals surface area contributed by atoms with Crippen molar-refractivity contribution in [3.05, 3.63) is 29.8 Å². The molecule has 2 N–H and O–H groups in total. The Morgan fingerprint density at radius 1 is 0.906 bits per heavy atom. The van der Waals surface area contributed by atoms with Crippen LogP contribution in [-0.4, -0.2) is 38.7 Å². The molecule has 0 spiro atoms. The number of aliphatic hydroxyl groups excluding tert-OH is 1. The molecule has 6 nitrogen and oxygen atoms in total. The summed E-state index contributed by atoms with van der Waals surface area (Å²) in [5, 5.41) is 10.5. The Hall–Kier alpha value is -1.44. The molecule has 0 saturated heterocycles. The molecular weight excluding hydrogens is 426 g/mol. The van der Waals surface area contributed by atoms with Crippen molar-refractivity contribution in [1.82, 2.24) is 4.72 Å². The number of carbonyl (C=O) groups is 1. The van der Waals surface area contributed by atoms with Crippen molar-refractivity contribution in [2.24, 2.45) is 0 Å². The van der Waals surface area contributed by atoms with Crippen LogP contribution in [0.2, 0.25) is 0 Å². The van der Waals surface area contributed by atoms with Gasteiger partial charge in [0.25, 0.3) is 0 Å². The van der Waals surface area contributed by atoms with Gasteiger partial charge in [-0.05, 0) is 25.5 Å². The van der Waals surface area contributed by atoms with Crippen LogP contribution < -0.4 is 4.72 Å².